The third kappa shape index (κ3) is 3.44. The second-order valence-corrected chi connectivity index (χ2v) is 5.40. The molecule has 6 heteroatoms. The number of halogens is 1. The van der Waals surface area contributed by atoms with Gasteiger partial charge in [-0.15, -0.1) is 0 Å². The molecule has 0 unspecified atom stereocenters. The van der Waals surface area contributed by atoms with Crippen molar-refractivity contribution in [3.05, 3.63) is 23.5 Å². The molecule has 0 atom stereocenters. The molecule has 21 heavy (non-hydrogen) atoms. The van der Waals surface area contributed by atoms with Crippen LogP contribution in [0.5, 0.6) is 0 Å². The van der Waals surface area contributed by atoms with Crippen LogP contribution in [0.2, 0.25) is 0 Å². The van der Waals surface area contributed by atoms with Crippen LogP contribution < -0.4 is 10.6 Å². The molecular formula is C15H21FN2O3. The Morgan fingerprint density at radius 1 is 1.33 bits per heavy atom. The number of aliphatic hydroxyl groups excluding tert-OH is 1. The number of carboxylic acids is 1. The quantitative estimate of drug-likeness (QED) is 0.725. The number of hydrogen-bond acceptors (Lipinski definition) is 4. The molecule has 0 saturated heterocycles. The van der Waals surface area contributed by atoms with Gasteiger partial charge in [-0.3, -0.25) is 0 Å². The molecule has 5 nitrogen and oxygen atoms in total. The van der Waals surface area contributed by atoms with Crippen LogP contribution in [0.3, 0.4) is 0 Å². The highest BCUT2D eigenvalue weighted by molar-refractivity contribution is 5.91. The van der Waals surface area contributed by atoms with Gasteiger partial charge in [-0.25, -0.2) is 9.18 Å². The summed E-state index contributed by atoms with van der Waals surface area (Å²) in [5.74, 6) is -2.14. The number of nitrogens with two attached hydrogens (primary N) is 1. The Balaban J connectivity index is 2.35. The summed E-state index contributed by atoms with van der Waals surface area (Å²) in [5.41, 5.74) is 6.19. The number of carboxylic acid groups (broad SMARTS) is 1. The predicted molar refractivity (Wildman–Crippen MR) is 79.1 cm³/mol. The van der Waals surface area contributed by atoms with Gasteiger partial charge in [0.25, 0.3) is 0 Å². The molecular weight excluding hydrogens is 275 g/mol. The van der Waals surface area contributed by atoms with Gasteiger partial charge in [-0.2, -0.15) is 0 Å². The Morgan fingerprint density at radius 2 is 2.00 bits per heavy atom. The molecule has 1 aromatic rings. The minimum Gasteiger partial charge on any atom is -0.478 e. The van der Waals surface area contributed by atoms with E-state index in [1.807, 2.05) is 4.90 Å². The van der Waals surface area contributed by atoms with Crippen LogP contribution in [0.4, 0.5) is 15.8 Å². The van der Waals surface area contributed by atoms with Crippen LogP contribution in [0.25, 0.3) is 0 Å². The maximum absolute atomic E-state index is 13.9. The Morgan fingerprint density at radius 3 is 2.57 bits per heavy atom. The summed E-state index contributed by atoms with van der Waals surface area (Å²) in [5, 5.41) is 18.2. The molecule has 4 N–H and O–H groups in total. The average Bonchev–Trinajstić information content (AvgIpc) is 2.47. The fourth-order valence-corrected chi connectivity index (χ4v) is 2.99. The maximum atomic E-state index is 13.9. The first-order valence-electron chi connectivity index (χ1n) is 7.24. The van der Waals surface area contributed by atoms with Crippen LogP contribution in [0.15, 0.2) is 12.1 Å². The Kier molecular flexibility index (Phi) is 5.01. The van der Waals surface area contributed by atoms with Crippen molar-refractivity contribution in [1.82, 2.24) is 0 Å². The van der Waals surface area contributed by atoms with Crippen LogP contribution in [0, 0.1) is 5.82 Å². The topological polar surface area (TPSA) is 86.8 Å². The summed E-state index contributed by atoms with van der Waals surface area (Å²) in [4.78, 5) is 12.8. The molecule has 116 valence electrons. The maximum Gasteiger partial charge on any atom is 0.338 e. The molecule has 1 fully saturated rings. The van der Waals surface area contributed by atoms with Crippen molar-refractivity contribution in [2.45, 2.75) is 38.1 Å². The lowest BCUT2D eigenvalue weighted by Crippen LogP contribution is -2.39. The molecule has 0 bridgehead atoms. The molecule has 1 aliphatic rings. The largest absolute Gasteiger partial charge is 0.478 e. The number of nitrogen functional groups attached to an aromatic ring is 1. The van der Waals surface area contributed by atoms with Crippen molar-refractivity contribution < 1.29 is 19.4 Å². The normalized spacial score (nSPS) is 15.9. The third-order valence-corrected chi connectivity index (χ3v) is 4.01. The number of nitrogens with zero attached hydrogens (tertiary/aromatic N) is 1. The predicted octanol–water partition coefficient (Wildman–Crippen LogP) is 2.24. The van der Waals surface area contributed by atoms with Crippen molar-refractivity contribution in [2.75, 3.05) is 23.8 Å². The van der Waals surface area contributed by atoms with Gasteiger partial charge in [-0.05, 0) is 18.9 Å². The smallest absolute Gasteiger partial charge is 0.338 e. The molecule has 1 saturated carbocycles. The van der Waals surface area contributed by atoms with Gasteiger partial charge in [0, 0.05) is 18.7 Å². The second kappa shape index (κ2) is 6.76. The van der Waals surface area contributed by atoms with E-state index in [0.29, 0.717) is 12.2 Å². The summed E-state index contributed by atoms with van der Waals surface area (Å²) in [6.07, 6.45) is 5.33. The van der Waals surface area contributed by atoms with Gasteiger partial charge < -0.3 is 20.8 Å². The molecule has 0 heterocycles. The van der Waals surface area contributed by atoms with Crippen molar-refractivity contribution in [3.63, 3.8) is 0 Å². The SMILES string of the molecule is Nc1cc(C(=O)O)c(F)cc1N(CCO)C1CCCCC1. The van der Waals surface area contributed by atoms with Crippen molar-refractivity contribution in [2.24, 2.45) is 0 Å². The number of aliphatic hydroxyl groups is 1. The Bertz CT molecular complexity index is 516. The number of anilines is 2. The van der Waals surface area contributed by atoms with Crippen LogP contribution in [-0.2, 0) is 0 Å². The van der Waals surface area contributed by atoms with E-state index in [4.69, 9.17) is 10.8 Å². The highest BCUT2D eigenvalue weighted by atomic mass is 19.1. The highest BCUT2D eigenvalue weighted by Crippen LogP contribution is 2.32. The second-order valence-electron chi connectivity index (χ2n) is 5.40. The fourth-order valence-electron chi connectivity index (χ4n) is 2.99. The van der Waals surface area contributed by atoms with E-state index in [0.717, 1.165) is 31.7 Å². The van der Waals surface area contributed by atoms with Gasteiger partial charge in [0.05, 0.1) is 23.5 Å². The van der Waals surface area contributed by atoms with Crippen LogP contribution in [-0.4, -0.2) is 35.4 Å². The summed E-state index contributed by atoms with van der Waals surface area (Å²) in [7, 11) is 0. The molecule has 1 aliphatic carbocycles. The number of aromatic carboxylic acids is 1. The van der Waals surface area contributed by atoms with Gasteiger partial charge in [0.2, 0.25) is 0 Å². The van der Waals surface area contributed by atoms with Crippen molar-refractivity contribution >= 4 is 17.3 Å². The fraction of sp³-hybridized carbons (Fsp3) is 0.533. The molecule has 0 radical (unpaired) electrons. The van der Waals surface area contributed by atoms with Gasteiger partial charge in [-0.1, -0.05) is 19.3 Å². The van der Waals surface area contributed by atoms with E-state index in [9.17, 15) is 14.3 Å². The molecule has 2 rings (SSSR count). The number of carbonyl (C=O) groups is 1. The zero-order valence-corrected chi connectivity index (χ0v) is 11.9. The number of rotatable bonds is 5. The molecule has 0 aromatic heterocycles. The van der Waals surface area contributed by atoms with Gasteiger partial charge in [0.15, 0.2) is 0 Å². The lowest BCUT2D eigenvalue weighted by molar-refractivity contribution is 0.0692. The number of benzene rings is 1. The molecule has 1 aromatic carbocycles. The van der Waals surface area contributed by atoms with Gasteiger partial charge in [0.1, 0.15) is 5.82 Å². The summed E-state index contributed by atoms with van der Waals surface area (Å²) < 4.78 is 13.9. The van der Waals surface area contributed by atoms with E-state index in [1.165, 1.54) is 12.5 Å². The highest BCUT2D eigenvalue weighted by Gasteiger charge is 2.24. The first-order chi connectivity index (χ1) is 10.0. The zero-order chi connectivity index (χ0) is 15.4. The summed E-state index contributed by atoms with van der Waals surface area (Å²) in [6.45, 7) is 0.305. The van der Waals surface area contributed by atoms with Crippen molar-refractivity contribution in [1.29, 1.82) is 0 Å². The molecule has 0 amide bonds. The summed E-state index contributed by atoms with van der Waals surface area (Å²) in [6, 6.07) is 2.53. The minimum absolute atomic E-state index is 0.0573. The Hall–Kier alpha value is -1.82. The molecule has 0 spiro atoms. The van der Waals surface area contributed by atoms with Crippen LogP contribution >= 0.6 is 0 Å². The lowest BCUT2D eigenvalue weighted by Gasteiger charge is -2.36. The van der Waals surface area contributed by atoms with E-state index in [-0.39, 0.29) is 18.3 Å². The first-order valence-corrected chi connectivity index (χ1v) is 7.24. The van der Waals surface area contributed by atoms with Crippen molar-refractivity contribution in [3.8, 4) is 0 Å². The van der Waals surface area contributed by atoms with E-state index in [2.05, 4.69) is 0 Å². The van der Waals surface area contributed by atoms with E-state index in [1.54, 1.807) is 0 Å². The lowest BCUT2D eigenvalue weighted by atomic mass is 9.93. The van der Waals surface area contributed by atoms with E-state index < -0.39 is 17.3 Å². The molecule has 0 aliphatic heterocycles. The van der Waals surface area contributed by atoms with Crippen LogP contribution in [0.1, 0.15) is 42.5 Å². The van der Waals surface area contributed by atoms with E-state index >= 15 is 0 Å². The average molecular weight is 296 g/mol. The standard InChI is InChI=1S/C15H21FN2O3/c16-12-9-14(13(17)8-11(12)15(20)21)18(6-7-19)10-4-2-1-3-5-10/h8-10,19H,1-7,17H2,(H,20,21). The number of hydrogen-bond donors (Lipinski definition) is 3. The Labute approximate surface area is 123 Å². The summed E-state index contributed by atoms with van der Waals surface area (Å²) >= 11 is 0. The van der Waals surface area contributed by atoms with Gasteiger partial charge >= 0.3 is 5.97 Å². The third-order valence-electron chi connectivity index (χ3n) is 4.01. The first kappa shape index (κ1) is 15.6. The monoisotopic (exact) mass is 296 g/mol. The zero-order valence-electron chi connectivity index (χ0n) is 11.9. The minimum atomic E-state index is -1.34.